The molecule has 0 spiro atoms. The fourth-order valence-electron chi connectivity index (χ4n) is 2.19. The maximum Gasteiger partial charge on any atom is 0.160 e. The van der Waals surface area contributed by atoms with Gasteiger partial charge in [-0.2, -0.15) is 0 Å². The lowest BCUT2D eigenvalue weighted by Gasteiger charge is -2.20. The molecule has 0 fully saturated rings. The number of nitrogens with zero attached hydrogens (tertiary/aromatic N) is 3. The second-order valence-corrected chi connectivity index (χ2v) is 4.54. The molecule has 3 heterocycles. The Balaban J connectivity index is 2.11. The van der Waals surface area contributed by atoms with Crippen molar-refractivity contribution in [2.75, 3.05) is 0 Å². The molecule has 1 atom stereocenters. The van der Waals surface area contributed by atoms with Gasteiger partial charge in [-0.1, -0.05) is 17.7 Å². The molecule has 0 aromatic carbocycles. The Morgan fingerprint density at radius 2 is 2.29 bits per heavy atom. The van der Waals surface area contributed by atoms with E-state index in [0.717, 1.165) is 30.2 Å². The van der Waals surface area contributed by atoms with Gasteiger partial charge >= 0.3 is 0 Å². The highest BCUT2D eigenvalue weighted by Crippen LogP contribution is 2.29. The van der Waals surface area contributed by atoms with Crippen LogP contribution in [0, 0.1) is 0 Å². The molecule has 17 heavy (non-hydrogen) atoms. The second kappa shape index (κ2) is 4.13. The van der Waals surface area contributed by atoms with Crippen molar-refractivity contribution in [1.82, 2.24) is 14.5 Å². The van der Waals surface area contributed by atoms with E-state index in [-0.39, 0.29) is 6.10 Å². The summed E-state index contributed by atoms with van der Waals surface area (Å²) < 4.78 is 2.05. The summed E-state index contributed by atoms with van der Waals surface area (Å²) >= 11 is 6.11. The highest BCUT2D eigenvalue weighted by Gasteiger charge is 2.24. The van der Waals surface area contributed by atoms with Gasteiger partial charge in [-0.3, -0.25) is 4.98 Å². The molecule has 0 saturated heterocycles. The van der Waals surface area contributed by atoms with E-state index in [1.807, 2.05) is 18.2 Å². The number of pyridine rings is 1. The Bertz CT molecular complexity index is 538. The molecule has 3 rings (SSSR count). The molecule has 1 unspecified atom stereocenters. The number of hydrogen-bond acceptors (Lipinski definition) is 3. The molecule has 2 aromatic rings. The highest BCUT2D eigenvalue weighted by molar-refractivity contribution is 6.30. The number of imidazole rings is 1. The smallest absolute Gasteiger partial charge is 0.160 e. The first-order valence-electron chi connectivity index (χ1n) is 5.60. The first-order valence-corrected chi connectivity index (χ1v) is 5.98. The Morgan fingerprint density at radius 1 is 1.41 bits per heavy atom. The van der Waals surface area contributed by atoms with Crippen LogP contribution in [0.15, 0.2) is 24.4 Å². The van der Waals surface area contributed by atoms with Crippen LogP contribution in [0.25, 0.3) is 11.5 Å². The summed E-state index contributed by atoms with van der Waals surface area (Å²) in [6.45, 7) is 0.738. The number of rotatable bonds is 1. The molecule has 1 aliphatic heterocycles. The van der Waals surface area contributed by atoms with E-state index in [1.165, 1.54) is 0 Å². The summed E-state index contributed by atoms with van der Waals surface area (Å²) in [5, 5.41) is 10.1. The SMILES string of the molecule is OC1CCn2c(-c3ccccn3)nc(Cl)c2C1. The minimum absolute atomic E-state index is 0.312. The third-order valence-corrected chi connectivity index (χ3v) is 3.34. The molecule has 0 radical (unpaired) electrons. The summed E-state index contributed by atoms with van der Waals surface area (Å²) in [7, 11) is 0. The van der Waals surface area contributed by atoms with Gasteiger partial charge in [-0.25, -0.2) is 4.98 Å². The first-order chi connectivity index (χ1) is 8.25. The Labute approximate surface area is 104 Å². The first kappa shape index (κ1) is 10.7. The van der Waals surface area contributed by atoms with E-state index in [4.69, 9.17) is 11.6 Å². The van der Waals surface area contributed by atoms with Crippen molar-refractivity contribution in [2.45, 2.75) is 25.5 Å². The topological polar surface area (TPSA) is 50.9 Å². The van der Waals surface area contributed by atoms with Crippen molar-refractivity contribution in [2.24, 2.45) is 0 Å². The van der Waals surface area contributed by atoms with Crippen LogP contribution in [0.4, 0.5) is 0 Å². The third-order valence-electron chi connectivity index (χ3n) is 3.03. The lowest BCUT2D eigenvalue weighted by molar-refractivity contribution is 0.144. The maximum absolute atomic E-state index is 9.64. The van der Waals surface area contributed by atoms with E-state index in [1.54, 1.807) is 6.20 Å². The minimum Gasteiger partial charge on any atom is -0.393 e. The van der Waals surface area contributed by atoms with E-state index in [0.29, 0.717) is 11.6 Å². The van der Waals surface area contributed by atoms with Crippen molar-refractivity contribution in [1.29, 1.82) is 0 Å². The van der Waals surface area contributed by atoms with Gasteiger partial charge in [0.15, 0.2) is 11.0 Å². The van der Waals surface area contributed by atoms with Gasteiger partial charge in [-0.05, 0) is 18.6 Å². The molecule has 0 saturated carbocycles. The summed E-state index contributed by atoms with van der Waals surface area (Å²) in [5.41, 5.74) is 1.73. The van der Waals surface area contributed by atoms with Crippen molar-refractivity contribution in [3.05, 3.63) is 35.2 Å². The van der Waals surface area contributed by atoms with Gasteiger partial charge in [0.2, 0.25) is 0 Å². The Hall–Kier alpha value is -1.39. The summed E-state index contributed by atoms with van der Waals surface area (Å²) in [6.07, 6.45) is 2.73. The number of hydrogen-bond donors (Lipinski definition) is 1. The van der Waals surface area contributed by atoms with Gasteiger partial charge in [-0.15, -0.1) is 0 Å². The van der Waals surface area contributed by atoms with E-state index < -0.39 is 0 Å². The van der Waals surface area contributed by atoms with Gasteiger partial charge in [0, 0.05) is 19.2 Å². The number of aliphatic hydroxyl groups is 1. The minimum atomic E-state index is -0.312. The molecule has 0 amide bonds. The molecule has 4 nitrogen and oxygen atoms in total. The third kappa shape index (κ3) is 1.83. The molecule has 0 bridgehead atoms. The van der Waals surface area contributed by atoms with Gasteiger partial charge < -0.3 is 9.67 Å². The zero-order valence-electron chi connectivity index (χ0n) is 9.17. The molecular weight excluding hydrogens is 238 g/mol. The number of aromatic nitrogens is 3. The number of aliphatic hydroxyl groups excluding tert-OH is 1. The van der Waals surface area contributed by atoms with Crippen LogP contribution < -0.4 is 0 Å². The van der Waals surface area contributed by atoms with Crippen LogP contribution in [0.2, 0.25) is 5.15 Å². The highest BCUT2D eigenvalue weighted by atomic mass is 35.5. The zero-order chi connectivity index (χ0) is 11.8. The van der Waals surface area contributed by atoms with Gasteiger partial charge in [0.25, 0.3) is 0 Å². The lowest BCUT2D eigenvalue weighted by Crippen LogP contribution is -2.23. The molecule has 1 aliphatic rings. The molecule has 1 N–H and O–H groups in total. The predicted molar refractivity (Wildman–Crippen MR) is 64.8 cm³/mol. The number of fused-ring (bicyclic) bond motifs is 1. The maximum atomic E-state index is 9.64. The average Bonchev–Trinajstić information content (AvgIpc) is 2.68. The lowest BCUT2D eigenvalue weighted by atomic mass is 10.1. The van der Waals surface area contributed by atoms with Crippen molar-refractivity contribution in [3.8, 4) is 11.5 Å². The van der Waals surface area contributed by atoms with Gasteiger partial charge in [0.05, 0.1) is 11.8 Å². The fourth-order valence-corrected chi connectivity index (χ4v) is 2.45. The zero-order valence-corrected chi connectivity index (χ0v) is 9.93. The van der Waals surface area contributed by atoms with Crippen LogP contribution in [-0.2, 0) is 13.0 Å². The summed E-state index contributed by atoms with van der Waals surface area (Å²) in [5.74, 6) is 0.789. The van der Waals surface area contributed by atoms with Crippen molar-refractivity contribution in [3.63, 3.8) is 0 Å². The Kier molecular flexibility index (Phi) is 2.61. The molecule has 0 aliphatic carbocycles. The normalized spacial score (nSPS) is 19.1. The van der Waals surface area contributed by atoms with E-state index in [2.05, 4.69) is 14.5 Å². The number of halogens is 1. The molecule has 2 aromatic heterocycles. The summed E-state index contributed by atoms with van der Waals surface area (Å²) in [4.78, 5) is 8.64. The second-order valence-electron chi connectivity index (χ2n) is 4.19. The monoisotopic (exact) mass is 249 g/mol. The standard InChI is InChI=1S/C12H12ClN3O/c13-11-10-7-8(17)4-6-16(10)12(15-11)9-3-1-2-5-14-9/h1-3,5,8,17H,4,6-7H2. The summed E-state index contributed by atoms with van der Waals surface area (Å²) in [6, 6.07) is 5.71. The quantitative estimate of drug-likeness (QED) is 0.840. The van der Waals surface area contributed by atoms with Crippen LogP contribution in [0.1, 0.15) is 12.1 Å². The molecular formula is C12H12ClN3O. The van der Waals surface area contributed by atoms with E-state index in [9.17, 15) is 5.11 Å². The fraction of sp³-hybridized carbons (Fsp3) is 0.333. The largest absolute Gasteiger partial charge is 0.393 e. The van der Waals surface area contributed by atoms with Crippen LogP contribution in [0.5, 0.6) is 0 Å². The average molecular weight is 250 g/mol. The van der Waals surface area contributed by atoms with E-state index >= 15 is 0 Å². The van der Waals surface area contributed by atoms with Crippen LogP contribution >= 0.6 is 11.6 Å². The van der Waals surface area contributed by atoms with Crippen molar-refractivity contribution < 1.29 is 5.11 Å². The molecule has 5 heteroatoms. The van der Waals surface area contributed by atoms with Gasteiger partial charge in [0.1, 0.15) is 5.69 Å². The van der Waals surface area contributed by atoms with Crippen LogP contribution in [-0.4, -0.2) is 25.7 Å². The van der Waals surface area contributed by atoms with Crippen LogP contribution in [0.3, 0.4) is 0 Å². The Morgan fingerprint density at radius 3 is 3.06 bits per heavy atom. The van der Waals surface area contributed by atoms with Crippen molar-refractivity contribution >= 4 is 11.6 Å². The predicted octanol–water partition coefficient (Wildman–Crippen LogP) is 1.91. The molecule has 88 valence electrons.